The first-order valence-electron chi connectivity index (χ1n) is 9.44. The first kappa shape index (κ1) is 19.9. The third-order valence-corrected chi connectivity index (χ3v) is 5.09. The monoisotopic (exact) mass is 379 g/mol. The molecule has 1 aromatic carbocycles. The van der Waals surface area contributed by atoms with E-state index in [1.807, 2.05) is 0 Å². The molecule has 0 unspecified atom stereocenters. The van der Waals surface area contributed by atoms with Crippen molar-refractivity contribution in [3.05, 3.63) is 23.8 Å². The lowest BCUT2D eigenvalue weighted by atomic mass is 10.1. The first-order valence-corrected chi connectivity index (χ1v) is 9.44. The number of rotatable bonds is 7. The average molecular weight is 379 g/mol. The number of para-hydroxylation sites is 1. The molecule has 0 aromatic heterocycles. The van der Waals surface area contributed by atoms with Crippen LogP contribution < -0.4 is 15.2 Å². The molecule has 0 bridgehead atoms. The van der Waals surface area contributed by atoms with Gasteiger partial charge in [-0.05, 0) is 25.1 Å². The number of hydrogen-bond acceptors (Lipinski definition) is 7. The van der Waals surface area contributed by atoms with Crippen LogP contribution in [-0.4, -0.2) is 92.6 Å². The fraction of sp³-hybridized carbons (Fsp3) is 0.632. The normalized spacial score (nSPS) is 23.4. The lowest BCUT2D eigenvalue weighted by Gasteiger charge is -2.33. The summed E-state index contributed by atoms with van der Waals surface area (Å²) >= 11 is 0. The topological polar surface area (TPSA) is 97.5 Å². The SMILES string of the molecule is COc1cccc(C(=O)N2C[C@H](O)[C@@H](N3CCOCC3)C2)c1OCCCN. The Morgan fingerprint density at radius 3 is 2.81 bits per heavy atom. The highest BCUT2D eigenvalue weighted by molar-refractivity contribution is 5.98. The molecule has 150 valence electrons. The number of nitrogens with zero attached hydrogens (tertiary/aromatic N) is 2. The minimum absolute atomic E-state index is 0.0648. The van der Waals surface area contributed by atoms with Crippen LogP contribution in [0.15, 0.2) is 18.2 Å². The van der Waals surface area contributed by atoms with Crippen molar-refractivity contribution in [2.45, 2.75) is 18.6 Å². The van der Waals surface area contributed by atoms with Crippen molar-refractivity contribution in [1.82, 2.24) is 9.80 Å². The number of β-amino-alcohol motifs (C(OH)–C–C–N with tert-alkyl or cyclic N) is 1. The van der Waals surface area contributed by atoms with Crippen molar-refractivity contribution in [3.8, 4) is 11.5 Å². The molecule has 0 aliphatic carbocycles. The van der Waals surface area contributed by atoms with Crippen LogP contribution in [-0.2, 0) is 4.74 Å². The number of nitrogens with two attached hydrogens (primary N) is 1. The molecule has 2 atom stereocenters. The van der Waals surface area contributed by atoms with Gasteiger partial charge in [-0.3, -0.25) is 9.69 Å². The second kappa shape index (κ2) is 9.36. The minimum Gasteiger partial charge on any atom is -0.493 e. The molecular weight excluding hydrogens is 350 g/mol. The molecule has 2 fully saturated rings. The number of hydrogen-bond donors (Lipinski definition) is 2. The predicted molar refractivity (Wildman–Crippen MR) is 100 cm³/mol. The van der Waals surface area contributed by atoms with Crippen LogP contribution in [0.2, 0.25) is 0 Å². The number of ether oxygens (including phenoxy) is 3. The van der Waals surface area contributed by atoms with Crippen LogP contribution in [0.4, 0.5) is 0 Å². The Hall–Kier alpha value is -1.87. The number of aliphatic hydroxyl groups excluding tert-OH is 1. The van der Waals surface area contributed by atoms with Gasteiger partial charge in [0.2, 0.25) is 0 Å². The van der Waals surface area contributed by atoms with E-state index in [-0.39, 0.29) is 11.9 Å². The van der Waals surface area contributed by atoms with Gasteiger partial charge in [-0.2, -0.15) is 0 Å². The zero-order chi connectivity index (χ0) is 19.2. The first-order chi connectivity index (χ1) is 13.2. The maximum atomic E-state index is 13.2. The van der Waals surface area contributed by atoms with E-state index in [2.05, 4.69) is 4.90 Å². The van der Waals surface area contributed by atoms with Crippen molar-refractivity contribution in [3.63, 3.8) is 0 Å². The standard InChI is InChI=1S/C19H29N3O5/c1-25-17-5-2-4-14(18(17)27-9-3-6-20)19(24)22-12-15(16(23)13-22)21-7-10-26-11-8-21/h2,4-5,15-16,23H,3,6-13,20H2,1H3/t15-,16-/m0/s1. The number of carbonyl (C=O) groups excluding carboxylic acids is 1. The number of amides is 1. The van der Waals surface area contributed by atoms with E-state index in [9.17, 15) is 9.90 Å². The van der Waals surface area contributed by atoms with Gasteiger partial charge in [0.25, 0.3) is 5.91 Å². The molecule has 0 spiro atoms. The number of likely N-dealkylation sites (tertiary alicyclic amines) is 1. The smallest absolute Gasteiger partial charge is 0.257 e. The summed E-state index contributed by atoms with van der Waals surface area (Å²) in [5.41, 5.74) is 5.98. The number of aliphatic hydroxyl groups is 1. The maximum Gasteiger partial charge on any atom is 0.257 e. The Morgan fingerprint density at radius 1 is 1.33 bits per heavy atom. The Morgan fingerprint density at radius 2 is 2.11 bits per heavy atom. The van der Waals surface area contributed by atoms with Crippen molar-refractivity contribution in [2.24, 2.45) is 5.73 Å². The Balaban J connectivity index is 1.75. The zero-order valence-corrected chi connectivity index (χ0v) is 15.8. The van der Waals surface area contributed by atoms with Gasteiger partial charge in [-0.1, -0.05) is 6.07 Å². The highest BCUT2D eigenvalue weighted by atomic mass is 16.5. The van der Waals surface area contributed by atoms with Gasteiger partial charge in [-0.15, -0.1) is 0 Å². The van der Waals surface area contributed by atoms with Crippen LogP contribution >= 0.6 is 0 Å². The lowest BCUT2D eigenvalue weighted by Crippen LogP contribution is -2.49. The van der Waals surface area contributed by atoms with Gasteiger partial charge in [0.1, 0.15) is 0 Å². The zero-order valence-electron chi connectivity index (χ0n) is 15.8. The fourth-order valence-electron chi connectivity index (χ4n) is 3.63. The quantitative estimate of drug-likeness (QED) is 0.641. The number of morpholine rings is 1. The summed E-state index contributed by atoms with van der Waals surface area (Å²) in [5, 5.41) is 10.5. The van der Waals surface area contributed by atoms with Crippen LogP contribution in [0, 0.1) is 0 Å². The van der Waals surface area contributed by atoms with Gasteiger partial charge in [-0.25, -0.2) is 0 Å². The molecule has 0 saturated carbocycles. The molecular formula is C19H29N3O5. The molecule has 2 saturated heterocycles. The van der Waals surface area contributed by atoms with E-state index in [0.717, 1.165) is 13.1 Å². The second-order valence-electron chi connectivity index (χ2n) is 6.82. The van der Waals surface area contributed by atoms with Gasteiger partial charge in [0, 0.05) is 26.2 Å². The van der Waals surface area contributed by atoms with Crippen LogP contribution in [0.1, 0.15) is 16.8 Å². The van der Waals surface area contributed by atoms with E-state index in [0.29, 0.717) is 62.9 Å². The lowest BCUT2D eigenvalue weighted by molar-refractivity contribution is -0.00611. The molecule has 2 aliphatic rings. The summed E-state index contributed by atoms with van der Waals surface area (Å²) in [6.45, 7) is 4.58. The third-order valence-electron chi connectivity index (χ3n) is 5.09. The van der Waals surface area contributed by atoms with E-state index in [4.69, 9.17) is 19.9 Å². The van der Waals surface area contributed by atoms with Crippen LogP contribution in [0.5, 0.6) is 11.5 Å². The third kappa shape index (κ3) is 4.52. The largest absolute Gasteiger partial charge is 0.493 e. The van der Waals surface area contributed by atoms with Crippen molar-refractivity contribution >= 4 is 5.91 Å². The molecule has 8 heteroatoms. The summed E-state index contributed by atoms with van der Waals surface area (Å²) < 4.78 is 16.6. The number of methoxy groups -OCH3 is 1. The second-order valence-corrected chi connectivity index (χ2v) is 6.82. The average Bonchev–Trinajstić information content (AvgIpc) is 3.10. The van der Waals surface area contributed by atoms with Crippen molar-refractivity contribution in [1.29, 1.82) is 0 Å². The molecule has 2 aliphatic heterocycles. The maximum absolute atomic E-state index is 13.2. The summed E-state index contributed by atoms with van der Waals surface area (Å²) in [6, 6.07) is 5.21. The fourth-order valence-corrected chi connectivity index (χ4v) is 3.63. The highest BCUT2D eigenvalue weighted by Crippen LogP contribution is 2.33. The molecule has 1 amide bonds. The molecule has 27 heavy (non-hydrogen) atoms. The van der Waals surface area contributed by atoms with E-state index >= 15 is 0 Å². The molecule has 8 nitrogen and oxygen atoms in total. The van der Waals surface area contributed by atoms with E-state index < -0.39 is 6.10 Å². The Labute approximate surface area is 159 Å². The van der Waals surface area contributed by atoms with Crippen molar-refractivity contribution < 1.29 is 24.1 Å². The van der Waals surface area contributed by atoms with E-state index in [1.165, 1.54) is 0 Å². The predicted octanol–water partition coefficient (Wildman–Crippen LogP) is -0.0597. The van der Waals surface area contributed by atoms with Crippen LogP contribution in [0.3, 0.4) is 0 Å². The van der Waals surface area contributed by atoms with Crippen LogP contribution in [0.25, 0.3) is 0 Å². The molecule has 3 N–H and O–H groups in total. The Kier molecular flexibility index (Phi) is 6.89. The number of carbonyl (C=O) groups is 1. The molecule has 3 rings (SSSR count). The molecule has 1 aromatic rings. The van der Waals surface area contributed by atoms with Crippen molar-refractivity contribution in [2.75, 3.05) is 59.7 Å². The van der Waals surface area contributed by atoms with Gasteiger partial charge >= 0.3 is 0 Å². The van der Waals surface area contributed by atoms with Gasteiger partial charge in [0.05, 0.1) is 44.6 Å². The molecule has 0 radical (unpaired) electrons. The summed E-state index contributed by atoms with van der Waals surface area (Å²) in [5.74, 6) is 0.788. The van der Waals surface area contributed by atoms with Gasteiger partial charge < -0.3 is 30.0 Å². The van der Waals surface area contributed by atoms with E-state index in [1.54, 1.807) is 30.2 Å². The summed E-state index contributed by atoms with van der Waals surface area (Å²) in [4.78, 5) is 17.0. The number of benzene rings is 1. The minimum atomic E-state index is -0.570. The highest BCUT2D eigenvalue weighted by Gasteiger charge is 2.39. The molecule has 2 heterocycles. The van der Waals surface area contributed by atoms with Gasteiger partial charge in [0.15, 0.2) is 11.5 Å². The summed E-state index contributed by atoms with van der Waals surface area (Å²) in [7, 11) is 1.55. The summed E-state index contributed by atoms with van der Waals surface area (Å²) in [6.07, 6.45) is 0.118. The Bertz CT molecular complexity index is 636.